The van der Waals surface area contributed by atoms with Crippen molar-refractivity contribution in [2.45, 2.75) is 52.4 Å². The van der Waals surface area contributed by atoms with Crippen LogP contribution in [0.1, 0.15) is 52.4 Å². The number of hydrogen-bond acceptors (Lipinski definition) is 6. The maximum absolute atomic E-state index is 12.3. The van der Waals surface area contributed by atoms with E-state index in [9.17, 15) is 29.4 Å². The number of unbranched alkanes of at least 4 members (excludes halogenated alkanes) is 2. The molecule has 0 saturated heterocycles. The molecule has 4 unspecified atom stereocenters. The number of esters is 2. The molecule has 0 spiro atoms. The molecule has 26 heavy (non-hydrogen) atoms. The topological polar surface area (TPSA) is 127 Å². The average Bonchev–Trinajstić information content (AvgIpc) is 2.60. The van der Waals surface area contributed by atoms with E-state index in [2.05, 4.69) is 0 Å². The van der Waals surface area contributed by atoms with E-state index in [1.54, 1.807) is 0 Å². The van der Waals surface area contributed by atoms with Crippen LogP contribution in [0.25, 0.3) is 0 Å². The molecule has 0 radical (unpaired) electrons. The second-order valence-electron chi connectivity index (χ2n) is 6.62. The fourth-order valence-corrected chi connectivity index (χ4v) is 3.12. The monoisotopic (exact) mass is 372 g/mol. The van der Waals surface area contributed by atoms with Gasteiger partial charge in [0.25, 0.3) is 0 Å². The van der Waals surface area contributed by atoms with Gasteiger partial charge in [0, 0.05) is 0 Å². The highest BCUT2D eigenvalue weighted by Crippen LogP contribution is 2.40. The van der Waals surface area contributed by atoms with Gasteiger partial charge in [-0.05, 0) is 25.7 Å². The van der Waals surface area contributed by atoms with Crippen LogP contribution in [0.2, 0.25) is 0 Å². The number of carbonyl (C=O) groups excluding carboxylic acids is 2. The van der Waals surface area contributed by atoms with Gasteiger partial charge in [-0.3, -0.25) is 19.2 Å². The summed E-state index contributed by atoms with van der Waals surface area (Å²) >= 11 is 0. The fourth-order valence-electron chi connectivity index (χ4n) is 3.12. The lowest BCUT2D eigenvalue weighted by Gasteiger charge is -2.35. The van der Waals surface area contributed by atoms with Crippen LogP contribution in [0.15, 0.2) is 0 Å². The van der Waals surface area contributed by atoms with E-state index in [0.29, 0.717) is 12.8 Å². The van der Waals surface area contributed by atoms with Gasteiger partial charge in [-0.25, -0.2) is 0 Å². The predicted molar refractivity (Wildman–Crippen MR) is 90.2 cm³/mol. The predicted octanol–water partition coefficient (Wildman–Crippen LogP) is 2.10. The number of carboxylic acid groups (broad SMARTS) is 2. The van der Waals surface area contributed by atoms with Gasteiger partial charge < -0.3 is 19.7 Å². The summed E-state index contributed by atoms with van der Waals surface area (Å²) in [6.07, 6.45) is 2.43. The number of rotatable bonds is 10. The maximum atomic E-state index is 12.3. The van der Waals surface area contributed by atoms with Gasteiger partial charge in [0.1, 0.15) is 0 Å². The van der Waals surface area contributed by atoms with Crippen LogP contribution in [0.4, 0.5) is 0 Å². The van der Waals surface area contributed by atoms with Crippen molar-refractivity contribution in [1.29, 1.82) is 0 Å². The summed E-state index contributed by atoms with van der Waals surface area (Å²) in [5, 5.41) is 18.8. The van der Waals surface area contributed by atoms with Crippen LogP contribution in [-0.2, 0) is 28.7 Å². The zero-order chi connectivity index (χ0) is 19.7. The van der Waals surface area contributed by atoms with Gasteiger partial charge in [0.2, 0.25) is 0 Å². The molecule has 148 valence electrons. The van der Waals surface area contributed by atoms with Crippen molar-refractivity contribution in [3.63, 3.8) is 0 Å². The highest BCUT2D eigenvalue weighted by atomic mass is 16.5. The first-order valence-corrected chi connectivity index (χ1v) is 9.12. The van der Waals surface area contributed by atoms with Crippen molar-refractivity contribution in [1.82, 2.24) is 0 Å². The lowest BCUT2D eigenvalue weighted by molar-refractivity contribution is -0.172. The Morgan fingerprint density at radius 1 is 0.731 bits per heavy atom. The van der Waals surface area contributed by atoms with Crippen molar-refractivity contribution in [3.05, 3.63) is 0 Å². The molecule has 2 N–H and O–H groups in total. The third-order valence-corrected chi connectivity index (χ3v) is 4.71. The van der Waals surface area contributed by atoms with Gasteiger partial charge in [-0.1, -0.05) is 26.7 Å². The summed E-state index contributed by atoms with van der Waals surface area (Å²) in [6.45, 7) is 4.20. The Bertz CT molecular complexity index is 471. The van der Waals surface area contributed by atoms with Crippen LogP contribution in [-0.4, -0.2) is 47.3 Å². The summed E-state index contributed by atoms with van der Waals surface area (Å²) in [4.78, 5) is 47.7. The molecular weight excluding hydrogens is 344 g/mol. The lowest BCUT2D eigenvalue weighted by Crippen LogP contribution is -2.45. The second-order valence-corrected chi connectivity index (χ2v) is 6.62. The van der Waals surface area contributed by atoms with E-state index in [0.717, 1.165) is 12.8 Å². The molecule has 8 heteroatoms. The highest BCUT2D eigenvalue weighted by Gasteiger charge is 2.50. The maximum Gasteiger partial charge on any atom is 0.309 e. The largest absolute Gasteiger partial charge is 0.481 e. The number of hydrogen-bond donors (Lipinski definition) is 2. The summed E-state index contributed by atoms with van der Waals surface area (Å²) in [7, 11) is 0. The zero-order valence-electron chi connectivity index (χ0n) is 15.3. The minimum Gasteiger partial charge on any atom is -0.481 e. The van der Waals surface area contributed by atoms with Gasteiger partial charge in [-0.15, -0.1) is 0 Å². The van der Waals surface area contributed by atoms with Gasteiger partial charge >= 0.3 is 23.9 Å². The molecule has 1 rings (SSSR count). The summed E-state index contributed by atoms with van der Waals surface area (Å²) in [6, 6.07) is 0. The smallest absolute Gasteiger partial charge is 0.309 e. The number of aliphatic carboxylic acids is 2. The zero-order valence-corrected chi connectivity index (χ0v) is 15.3. The molecule has 8 nitrogen and oxygen atoms in total. The van der Waals surface area contributed by atoms with E-state index >= 15 is 0 Å². The van der Waals surface area contributed by atoms with Crippen LogP contribution in [0, 0.1) is 23.7 Å². The third-order valence-electron chi connectivity index (χ3n) is 4.71. The van der Waals surface area contributed by atoms with Crippen molar-refractivity contribution in [2.75, 3.05) is 13.2 Å². The summed E-state index contributed by atoms with van der Waals surface area (Å²) in [5.74, 6) is -8.39. The molecule has 0 aliphatic heterocycles. The first-order valence-electron chi connectivity index (χ1n) is 9.12. The van der Waals surface area contributed by atoms with Crippen molar-refractivity contribution < 1.29 is 38.9 Å². The number of carbonyl (C=O) groups is 4. The molecule has 0 bridgehead atoms. The standard InChI is InChI=1S/C18H28O8/c1-3-5-7-25-17(23)13-10-14(18(24)26-8-6-4-2)12(16(21)22)9-11(13)15(19)20/h11-14H,3-10H2,1-2H3,(H,19,20)(H,21,22). The molecule has 1 aliphatic carbocycles. The van der Waals surface area contributed by atoms with Crippen LogP contribution in [0.5, 0.6) is 0 Å². The van der Waals surface area contributed by atoms with Crippen LogP contribution >= 0.6 is 0 Å². The second kappa shape index (κ2) is 10.8. The molecule has 1 fully saturated rings. The normalized spacial score (nSPS) is 25.3. The minimum absolute atomic E-state index is 0.173. The van der Waals surface area contributed by atoms with E-state index in [1.165, 1.54) is 0 Å². The van der Waals surface area contributed by atoms with Crippen LogP contribution in [0.3, 0.4) is 0 Å². The third kappa shape index (κ3) is 6.00. The molecule has 0 aromatic heterocycles. The van der Waals surface area contributed by atoms with Crippen molar-refractivity contribution in [3.8, 4) is 0 Å². The minimum atomic E-state index is -1.26. The Morgan fingerprint density at radius 2 is 1.08 bits per heavy atom. The Labute approximate surface area is 152 Å². The summed E-state index contributed by atoms with van der Waals surface area (Å²) in [5.41, 5.74) is 0. The Kier molecular flexibility index (Phi) is 9.09. The molecule has 4 atom stereocenters. The Hall–Kier alpha value is -2.12. The fraction of sp³-hybridized carbons (Fsp3) is 0.778. The van der Waals surface area contributed by atoms with Gasteiger partial charge in [0.15, 0.2) is 0 Å². The molecule has 0 aromatic carbocycles. The highest BCUT2D eigenvalue weighted by molar-refractivity contribution is 5.86. The Morgan fingerprint density at radius 3 is 1.38 bits per heavy atom. The molecule has 1 saturated carbocycles. The van der Waals surface area contributed by atoms with E-state index in [1.807, 2.05) is 13.8 Å². The lowest BCUT2D eigenvalue weighted by atomic mass is 9.68. The SMILES string of the molecule is CCCCOC(=O)C1CC(C(=O)OCCCC)C(C(=O)O)CC1C(=O)O. The molecule has 0 amide bonds. The summed E-state index contributed by atoms with van der Waals surface area (Å²) < 4.78 is 10.2. The molecule has 0 heterocycles. The van der Waals surface area contributed by atoms with Gasteiger partial charge in [0.05, 0.1) is 36.9 Å². The van der Waals surface area contributed by atoms with Gasteiger partial charge in [-0.2, -0.15) is 0 Å². The quantitative estimate of drug-likeness (QED) is 0.441. The molecular formula is C18H28O8. The van der Waals surface area contributed by atoms with E-state index in [4.69, 9.17) is 9.47 Å². The molecule has 0 aromatic rings. The van der Waals surface area contributed by atoms with E-state index in [-0.39, 0.29) is 26.1 Å². The van der Waals surface area contributed by atoms with Crippen LogP contribution < -0.4 is 0 Å². The first-order chi connectivity index (χ1) is 12.3. The van der Waals surface area contributed by atoms with Crippen molar-refractivity contribution >= 4 is 23.9 Å². The van der Waals surface area contributed by atoms with E-state index < -0.39 is 47.5 Å². The average molecular weight is 372 g/mol. The first kappa shape index (κ1) is 21.9. The van der Waals surface area contributed by atoms with Crippen molar-refractivity contribution in [2.24, 2.45) is 23.7 Å². The molecule has 1 aliphatic rings. The number of ether oxygens (including phenoxy) is 2. The number of carboxylic acids is 2. The Balaban J connectivity index is 2.94.